The summed E-state index contributed by atoms with van der Waals surface area (Å²) in [5, 5.41) is 2.51. The van der Waals surface area contributed by atoms with Gasteiger partial charge in [-0.05, 0) is 30.7 Å². The van der Waals surface area contributed by atoms with Crippen LogP contribution in [0.25, 0.3) is 0 Å². The first kappa shape index (κ1) is 13.5. The van der Waals surface area contributed by atoms with E-state index in [9.17, 15) is 13.2 Å². The van der Waals surface area contributed by atoms with Gasteiger partial charge in [-0.15, -0.1) is 0 Å². The Morgan fingerprint density at radius 3 is 2.37 bits per heavy atom. The Labute approximate surface area is 113 Å². The molecule has 3 N–H and O–H groups in total. The van der Waals surface area contributed by atoms with Crippen molar-refractivity contribution in [2.45, 2.75) is 6.92 Å². The molecule has 0 aliphatic carbocycles. The van der Waals surface area contributed by atoms with Crippen molar-refractivity contribution in [3.8, 4) is 0 Å². The van der Waals surface area contributed by atoms with E-state index >= 15 is 0 Å². The highest BCUT2D eigenvalue weighted by atomic mass is 35.5. The van der Waals surface area contributed by atoms with E-state index in [1.807, 2.05) is 0 Å². The first-order valence-corrected chi connectivity index (χ1v) is 5.73. The van der Waals surface area contributed by atoms with Gasteiger partial charge < -0.3 is 11.1 Å². The minimum absolute atomic E-state index is 0.0999. The van der Waals surface area contributed by atoms with Crippen molar-refractivity contribution >= 4 is 28.7 Å². The molecule has 6 heteroatoms. The van der Waals surface area contributed by atoms with Crippen molar-refractivity contribution < 1.29 is 13.2 Å². The monoisotopic (exact) mass is 286 g/mol. The van der Waals surface area contributed by atoms with Crippen molar-refractivity contribution in [2.75, 3.05) is 11.1 Å². The zero-order valence-electron chi connectivity index (χ0n) is 9.90. The minimum atomic E-state index is -0.855. The summed E-state index contributed by atoms with van der Waals surface area (Å²) in [4.78, 5) is 0. The summed E-state index contributed by atoms with van der Waals surface area (Å²) in [7, 11) is 0. The van der Waals surface area contributed by atoms with Crippen LogP contribution in [0.3, 0.4) is 0 Å². The van der Waals surface area contributed by atoms with Crippen LogP contribution in [0, 0.1) is 24.4 Å². The Balaban J connectivity index is 2.45. The molecule has 0 unspecified atom stereocenters. The van der Waals surface area contributed by atoms with Gasteiger partial charge in [-0.2, -0.15) is 0 Å². The summed E-state index contributed by atoms with van der Waals surface area (Å²) in [5.74, 6) is -2.10. The van der Waals surface area contributed by atoms with E-state index in [2.05, 4.69) is 5.32 Å². The smallest absolute Gasteiger partial charge is 0.151 e. The second-order valence-corrected chi connectivity index (χ2v) is 4.47. The first-order valence-electron chi connectivity index (χ1n) is 5.35. The zero-order chi connectivity index (χ0) is 14.2. The van der Waals surface area contributed by atoms with Gasteiger partial charge in [0.25, 0.3) is 0 Å². The first-order chi connectivity index (χ1) is 8.88. The molecule has 0 bridgehead atoms. The van der Waals surface area contributed by atoms with Gasteiger partial charge >= 0.3 is 0 Å². The highest BCUT2D eigenvalue weighted by Crippen LogP contribution is 2.32. The van der Waals surface area contributed by atoms with E-state index in [0.29, 0.717) is 17.3 Å². The molecule has 0 fully saturated rings. The summed E-state index contributed by atoms with van der Waals surface area (Å²) in [6.07, 6.45) is 0. The fourth-order valence-corrected chi connectivity index (χ4v) is 1.84. The molecule has 0 saturated heterocycles. The molecule has 0 aliphatic heterocycles. The number of rotatable bonds is 2. The maximum atomic E-state index is 13.6. The number of anilines is 3. The summed E-state index contributed by atoms with van der Waals surface area (Å²) >= 11 is 5.75. The zero-order valence-corrected chi connectivity index (χ0v) is 10.7. The molecule has 0 heterocycles. The highest BCUT2D eigenvalue weighted by molar-refractivity contribution is 6.33. The van der Waals surface area contributed by atoms with Crippen LogP contribution in [-0.4, -0.2) is 0 Å². The molecule has 2 rings (SSSR count). The highest BCUT2D eigenvalue weighted by Gasteiger charge is 2.12. The van der Waals surface area contributed by atoms with Gasteiger partial charge in [-0.25, -0.2) is 13.2 Å². The lowest BCUT2D eigenvalue weighted by molar-refractivity contribution is 0.586. The maximum absolute atomic E-state index is 13.6. The third-order valence-corrected chi connectivity index (χ3v) is 2.90. The van der Waals surface area contributed by atoms with Crippen LogP contribution in [-0.2, 0) is 0 Å². The predicted molar refractivity (Wildman–Crippen MR) is 70.2 cm³/mol. The molecular weight excluding hydrogens is 277 g/mol. The van der Waals surface area contributed by atoms with Crippen molar-refractivity contribution in [2.24, 2.45) is 0 Å². The number of benzene rings is 2. The van der Waals surface area contributed by atoms with Gasteiger partial charge in [0, 0.05) is 6.07 Å². The molecule has 100 valence electrons. The second kappa shape index (κ2) is 5.01. The van der Waals surface area contributed by atoms with E-state index < -0.39 is 17.5 Å². The summed E-state index contributed by atoms with van der Waals surface area (Å²) < 4.78 is 39.8. The Morgan fingerprint density at radius 1 is 1.05 bits per heavy atom. The van der Waals surface area contributed by atoms with Gasteiger partial charge in [0.2, 0.25) is 0 Å². The van der Waals surface area contributed by atoms with E-state index in [1.165, 1.54) is 6.07 Å². The number of hydrogen-bond acceptors (Lipinski definition) is 2. The Hall–Kier alpha value is -1.88. The molecule has 2 nitrogen and oxygen atoms in total. The quantitative estimate of drug-likeness (QED) is 0.804. The molecule has 2 aromatic rings. The van der Waals surface area contributed by atoms with Crippen LogP contribution in [0.2, 0.25) is 5.02 Å². The molecule has 0 saturated carbocycles. The molecule has 0 aliphatic rings. The van der Waals surface area contributed by atoms with Gasteiger partial charge in [-0.1, -0.05) is 11.6 Å². The Kier molecular flexibility index (Phi) is 3.57. The van der Waals surface area contributed by atoms with Gasteiger partial charge in [0.1, 0.15) is 11.6 Å². The largest absolute Gasteiger partial charge is 0.397 e. The van der Waals surface area contributed by atoms with Crippen LogP contribution in [0.15, 0.2) is 24.3 Å². The molecule has 0 amide bonds. The van der Waals surface area contributed by atoms with Crippen molar-refractivity contribution in [3.05, 3.63) is 52.3 Å². The number of hydrogen-bond donors (Lipinski definition) is 2. The topological polar surface area (TPSA) is 38.0 Å². The molecule has 0 radical (unpaired) electrons. The number of nitrogens with two attached hydrogens (primary N) is 1. The Bertz CT molecular complexity index is 621. The van der Waals surface area contributed by atoms with E-state index in [0.717, 1.165) is 12.1 Å². The van der Waals surface area contributed by atoms with E-state index in [1.54, 1.807) is 6.92 Å². The second-order valence-electron chi connectivity index (χ2n) is 4.06. The number of nitrogen functional groups attached to an aromatic ring is 1. The summed E-state index contributed by atoms with van der Waals surface area (Å²) in [5.41, 5.74) is 6.26. The van der Waals surface area contributed by atoms with E-state index in [-0.39, 0.29) is 16.4 Å². The molecular formula is C13H10ClF3N2. The normalized spacial score (nSPS) is 10.6. The Morgan fingerprint density at radius 2 is 1.74 bits per heavy atom. The lowest BCUT2D eigenvalue weighted by Gasteiger charge is -2.13. The van der Waals surface area contributed by atoms with Crippen LogP contribution in [0.5, 0.6) is 0 Å². The maximum Gasteiger partial charge on any atom is 0.151 e. The molecule has 19 heavy (non-hydrogen) atoms. The lowest BCUT2D eigenvalue weighted by Crippen LogP contribution is -2.01. The lowest BCUT2D eigenvalue weighted by atomic mass is 10.1. The molecule has 0 spiro atoms. The standard InChI is InChI=1S/C13H10ClF3N2/c1-6-2-12(11(18)5-9(6)16)19-13-8(14)3-7(15)4-10(13)17/h2-5,19H,18H2,1H3. The third-order valence-electron chi connectivity index (χ3n) is 2.60. The third kappa shape index (κ3) is 2.76. The number of aryl methyl sites for hydroxylation is 1. The molecule has 0 atom stereocenters. The van der Waals surface area contributed by atoms with E-state index in [4.69, 9.17) is 17.3 Å². The van der Waals surface area contributed by atoms with Gasteiger partial charge in [-0.3, -0.25) is 0 Å². The average Bonchev–Trinajstić information content (AvgIpc) is 2.29. The van der Waals surface area contributed by atoms with Crippen molar-refractivity contribution in [1.82, 2.24) is 0 Å². The fraction of sp³-hybridized carbons (Fsp3) is 0.0769. The number of nitrogens with one attached hydrogen (secondary N) is 1. The number of halogens is 4. The minimum Gasteiger partial charge on any atom is -0.397 e. The van der Waals surface area contributed by atoms with Crippen molar-refractivity contribution in [3.63, 3.8) is 0 Å². The van der Waals surface area contributed by atoms with Gasteiger partial charge in [0.15, 0.2) is 5.82 Å². The van der Waals surface area contributed by atoms with Crippen LogP contribution >= 0.6 is 11.6 Å². The van der Waals surface area contributed by atoms with Crippen LogP contribution in [0.1, 0.15) is 5.56 Å². The molecule has 0 aromatic heterocycles. The fourth-order valence-electron chi connectivity index (χ4n) is 1.60. The van der Waals surface area contributed by atoms with Crippen LogP contribution in [0.4, 0.5) is 30.2 Å². The summed E-state index contributed by atoms with van der Waals surface area (Å²) in [6.45, 7) is 1.54. The average molecular weight is 287 g/mol. The van der Waals surface area contributed by atoms with Crippen LogP contribution < -0.4 is 11.1 Å². The predicted octanol–water partition coefficient (Wildman–Crippen LogP) is 4.39. The summed E-state index contributed by atoms with van der Waals surface area (Å²) in [6, 6.07) is 4.21. The van der Waals surface area contributed by atoms with Crippen molar-refractivity contribution in [1.29, 1.82) is 0 Å². The SMILES string of the molecule is Cc1cc(Nc2c(F)cc(F)cc2Cl)c(N)cc1F. The van der Waals surface area contributed by atoms with Gasteiger partial charge in [0.05, 0.1) is 22.1 Å². The molecule has 2 aromatic carbocycles.